The number of aromatic hydroxyl groups is 1. The molecule has 0 aliphatic rings. The molecule has 0 amide bonds. The Bertz CT molecular complexity index is 819. The van der Waals surface area contributed by atoms with Crippen molar-refractivity contribution in [3.63, 3.8) is 0 Å². The summed E-state index contributed by atoms with van der Waals surface area (Å²) in [6, 6.07) is 0. The van der Waals surface area contributed by atoms with E-state index >= 15 is 0 Å². The number of hydrogen-bond acceptors (Lipinski definition) is 7. The van der Waals surface area contributed by atoms with E-state index in [0.29, 0.717) is 28.2 Å². The Balaban J connectivity index is 4.29. The molecule has 9 heteroatoms. The highest BCUT2D eigenvalue weighted by molar-refractivity contribution is 7.81. The molecule has 5 nitrogen and oxygen atoms in total. The van der Waals surface area contributed by atoms with Gasteiger partial charge in [0.25, 0.3) is 0 Å². The number of thiol groups is 4. The average molecular weight is 507 g/mol. The largest absolute Gasteiger partial charge is 0.507 e. The maximum Gasteiger partial charge on any atom is 0.304 e. The van der Waals surface area contributed by atoms with Gasteiger partial charge >= 0.3 is 11.9 Å². The van der Waals surface area contributed by atoms with Crippen molar-refractivity contribution in [2.45, 2.75) is 75.2 Å². The Hall–Kier alpha value is -0.640. The van der Waals surface area contributed by atoms with Crippen molar-refractivity contribution in [2.24, 2.45) is 0 Å². The van der Waals surface area contributed by atoms with Gasteiger partial charge in [-0.05, 0) is 45.4 Å². The van der Waals surface area contributed by atoms with Gasteiger partial charge < -0.3 is 15.3 Å². The molecule has 0 fully saturated rings. The monoisotopic (exact) mass is 506 g/mol. The number of carbonyl (C=O) groups is 2. The molecule has 1 aromatic rings. The summed E-state index contributed by atoms with van der Waals surface area (Å²) in [7, 11) is 0. The van der Waals surface area contributed by atoms with Crippen LogP contribution in [0.4, 0.5) is 0 Å². The Morgan fingerprint density at radius 1 is 0.806 bits per heavy atom. The lowest BCUT2D eigenvalue weighted by Gasteiger charge is -2.36. The summed E-state index contributed by atoms with van der Waals surface area (Å²) in [5.41, 5.74) is 2.80. The van der Waals surface area contributed by atoms with Crippen molar-refractivity contribution < 1.29 is 24.9 Å². The highest BCUT2D eigenvalue weighted by Gasteiger charge is 2.37. The summed E-state index contributed by atoms with van der Waals surface area (Å²) < 4.78 is 0. The van der Waals surface area contributed by atoms with Gasteiger partial charge in [0.1, 0.15) is 5.75 Å². The third-order valence-corrected chi connectivity index (χ3v) is 7.29. The van der Waals surface area contributed by atoms with Crippen LogP contribution in [0.1, 0.15) is 97.6 Å². The van der Waals surface area contributed by atoms with Gasteiger partial charge in [-0.25, -0.2) is 0 Å². The Morgan fingerprint density at radius 3 is 1.55 bits per heavy atom. The summed E-state index contributed by atoms with van der Waals surface area (Å²) >= 11 is 18.1. The molecule has 1 aromatic carbocycles. The van der Waals surface area contributed by atoms with Crippen LogP contribution in [-0.2, 0) is 15.0 Å². The van der Waals surface area contributed by atoms with Gasteiger partial charge in [-0.15, -0.1) is 0 Å². The minimum atomic E-state index is -1.04. The quantitative estimate of drug-likeness (QED) is 0.208. The summed E-state index contributed by atoms with van der Waals surface area (Å²) in [5, 5.41) is 28.9. The van der Waals surface area contributed by atoms with Crippen LogP contribution in [0, 0.1) is 0 Å². The summed E-state index contributed by atoms with van der Waals surface area (Å²) in [6.45, 7) is 9.78. The number of phenols is 1. The van der Waals surface area contributed by atoms with Crippen LogP contribution in [0.2, 0.25) is 0 Å². The van der Waals surface area contributed by atoms with Gasteiger partial charge in [-0.2, -0.15) is 50.5 Å². The first-order valence-electron chi connectivity index (χ1n) is 10.1. The van der Waals surface area contributed by atoms with Crippen molar-refractivity contribution in [3.05, 3.63) is 27.8 Å². The minimum absolute atomic E-state index is 0.0145. The van der Waals surface area contributed by atoms with Gasteiger partial charge in [0.15, 0.2) is 0 Å². The predicted molar refractivity (Wildman–Crippen MR) is 139 cm³/mol. The molecule has 0 bridgehead atoms. The van der Waals surface area contributed by atoms with Crippen LogP contribution in [0.25, 0.3) is 0 Å². The van der Waals surface area contributed by atoms with Gasteiger partial charge in [-0.3, -0.25) is 9.59 Å². The predicted octanol–water partition coefficient (Wildman–Crippen LogP) is 5.65. The number of benzene rings is 1. The van der Waals surface area contributed by atoms with E-state index in [0.717, 1.165) is 11.1 Å². The zero-order chi connectivity index (χ0) is 24.3. The first-order chi connectivity index (χ1) is 14.2. The molecule has 0 saturated heterocycles. The van der Waals surface area contributed by atoms with Crippen LogP contribution >= 0.6 is 50.5 Å². The van der Waals surface area contributed by atoms with E-state index in [1.54, 1.807) is 0 Å². The van der Waals surface area contributed by atoms with E-state index in [-0.39, 0.29) is 30.4 Å². The number of aliphatic carboxylic acids is 2. The number of rotatable bonds is 10. The zero-order valence-electron chi connectivity index (χ0n) is 18.6. The smallest absolute Gasteiger partial charge is 0.304 e. The van der Waals surface area contributed by atoms with E-state index in [4.69, 9.17) is 0 Å². The fraction of sp³-hybridized carbons (Fsp3) is 0.636. The highest BCUT2D eigenvalue weighted by atomic mass is 32.1. The molecular formula is C22H34O5S4. The van der Waals surface area contributed by atoms with Crippen molar-refractivity contribution in [2.75, 3.05) is 11.5 Å². The van der Waals surface area contributed by atoms with Gasteiger partial charge in [-0.1, -0.05) is 34.6 Å². The maximum absolute atomic E-state index is 11.6. The van der Waals surface area contributed by atoms with E-state index < -0.39 is 27.9 Å². The van der Waals surface area contributed by atoms with Crippen LogP contribution < -0.4 is 0 Å². The van der Waals surface area contributed by atoms with Gasteiger partial charge in [0.2, 0.25) is 0 Å². The molecule has 0 heterocycles. The lowest BCUT2D eigenvalue weighted by molar-refractivity contribution is -0.138. The second kappa shape index (κ2) is 11.5. The van der Waals surface area contributed by atoms with Gasteiger partial charge in [0.05, 0.1) is 12.8 Å². The molecule has 0 saturated carbocycles. The number of carboxylic acid groups (broad SMARTS) is 2. The van der Waals surface area contributed by atoms with Crippen molar-refractivity contribution in [3.8, 4) is 5.75 Å². The molecule has 1 rings (SSSR count). The van der Waals surface area contributed by atoms with Crippen LogP contribution in [0.15, 0.2) is 0 Å². The third-order valence-electron chi connectivity index (χ3n) is 5.32. The second-order valence-electron chi connectivity index (χ2n) is 9.02. The van der Waals surface area contributed by atoms with Crippen molar-refractivity contribution in [1.29, 1.82) is 0 Å². The first kappa shape index (κ1) is 28.4. The molecule has 0 radical (unpaired) electrons. The summed E-state index contributed by atoms with van der Waals surface area (Å²) in [5.74, 6) is -1.40. The molecule has 3 N–H and O–H groups in total. The Labute approximate surface area is 207 Å². The molecule has 0 aromatic heterocycles. The van der Waals surface area contributed by atoms with Crippen LogP contribution in [0.5, 0.6) is 5.75 Å². The molecule has 4 unspecified atom stereocenters. The van der Waals surface area contributed by atoms with Crippen LogP contribution in [0.3, 0.4) is 0 Å². The molecule has 4 atom stereocenters. The SMILES string of the molecule is CC(CS)c1c(C(S)CC(=O)O)c(O)c(C(C)(C)C)c(C(C)CS)c1C(S)CC(=O)O. The summed E-state index contributed by atoms with van der Waals surface area (Å²) in [4.78, 5) is 23.0. The lowest BCUT2D eigenvalue weighted by atomic mass is 9.72. The fourth-order valence-electron chi connectivity index (χ4n) is 4.03. The Morgan fingerprint density at radius 2 is 1.19 bits per heavy atom. The molecular weight excluding hydrogens is 473 g/mol. The van der Waals surface area contributed by atoms with E-state index in [9.17, 15) is 24.9 Å². The number of hydrogen-bond donors (Lipinski definition) is 7. The maximum atomic E-state index is 11.6. The van der Waals surface area contributed by atoms with Crippen molar-refractivity contribution >= 4 is 62.5 Å². The highest BCUT2D eigenvalue weighted by Crippen LogP contribution is 2.52. The molecule has 176 valence electrons. The number of carboxylic acids is 2. The summed E-state index contributed by atoms with van der Waals surface area (Å²) in [6.07, 6.45) is -0.505. The molecule has 0 aliphatic carbocycles. The second-order valence-corrected chi connectivity index (χ2v) is 11.0. The molecule has 0 spiro atoms. The molecule has 0 aliphatic heterocycles. The zero-order valence-corrected chi connectivity index (χ0v) is 22.2. The minimum Gasteiger partial charge on any atom is -0.507 e. The standard InChI is InChI=1S/C22H34O5S4/c1-10(8-28)16-18(12(30)6-14(23)24)17(11(2)9-29)20(22(3,4)5)21(27)19(16)13(31)7-15(25)26/h10-13,27-31H,6-9H2,1-5H3,(H,23,24)(H,25,26). The van der Waals surface area contributed by atoms with E-state index in [2.05, 4.69) is 50.5 Å². The topological polar surface area (TPSA) is 94.8 Å². The van der Waals surface area contributed by atoms with Gasteiger partial charge in [0, 0.05) is 21.6 Å². The Kier molecular flexibility index (Phi) is 10.5. The van der Waals surface area contributed by atoms with E-state index in [1.807, 2.05) is 34.6 Å². The lowest BCUT2D eigenvalue weighted by Crippen LogP contribution is -2.24. The molecule has 31 heavy (non-hydrogen) atoms. The normalized spacial score (nSPS) is 15.9. The first-order valence-corrected chi connectivity index (χ1v) is 12.4. The van der Waals surface area contributed by atoms with E-state index in [1.165, 1.54) is 0 Å². The van der Waals surface area contributed by atoms with Crippen LogP contribution in [-0.4, -0.2) is 38.8 Å². The fourth-order valence-corrected chi connectivity index (χ4v) is 5.25. The average Bonchev–Trinajstić information content (AvgIpc) is 2.62. The van der Waals surface area contributed by atoms with Crippen molar-refractivity contribution in [1.82, 2.24) is 0 Å². The number of phenolic OH excluding ortho intramolecular Hbond substituents is 1. The third kappa shape index (κ3) is 6.68.